The third-order valence-corrected chi connectivity index (χ3v) is 3.91. The predicted octanol–water partition coefficient (Wildman–Crippen LogP) is 3.16. The van der Waals surface area contributed by atoms with E-state index in [1.807, 2.05) is 0 Å². The first-order valence-corrected chi connectivity index (χ1v) is 7.13. The maximum absolute atomic E-state index is 12.8. The molecule has 8 heteroatoms. The third-order valence-electron chi connectivity index (χ3n) is 3.91. The molecule has 2 unspecified atom stereocenters. The lowest BCUT2D eigenvalue weighted by Crippen LogP contribution is -2.32. The molecule has 0 spiro atoms. The van der Waals surface area contributed by atoms with Gasteiger partial charge in [0.2, 0.25) is 5.95 Å². The average Bonchev–Trinajstić information content (AvgIpc) is 2.46. The van der Waals surface area contributed by atoms with Crippen LogP contribution in [0.4, 0.5) is 24.9 Å². The molecule has 2 rings (SSSR count). The average molecular weight is 303 g/mol. The number of hydrogen-bond donors (Lipinski definition) is 3. The summed E-state index contributed by atoms with van der Waals surface area (Å²) >= 11 is 0. The van der Waals surface area contributed by atoms with Crippen LogP contribution < -0.4 is 16.6 Å². The number of alkyl halides is 3. The molecule has 1 fully saturated rings. The van der Waals surface area contributed by atoms with Crippen LogP contribution in [0.1, 0.15) is 44.7 Å². The Bertz CT molecular complexity index is 477. The predicted molar refractivity (Wildman–Crippen MR) is 74.5 cm³/mol. The van der Waals surface area contributed by atoms with Gasteiger partial charge in [-0.05, 0) is 18.8 Å². The fraction of sp³-hybridized carbons (Fsp3) is 0.692. The molecule has 118 valence electrons. The lowest BCUT2D eigenvalue weighted by atomic mass is 9.83. The highest BCUT2D eigenvalue weighted by atomic mass is 19.4. The second-order valence-corrected chi connectivity index (χ2v) is 5.31. The number of nitrogens with zero attached hydrogens (tertiary/aromatic N) is 2. The lowest BCUT2D eigenvalue weighted by Gasteiger charge is -2.32. The van der Waals surface area contributed by atoms with Crippen molar-refractivity contribution in [3.05, 3.63) is 11.8 Å². The summed E-state index contributed by atoms with van der Waals surface area (Å²) in [5.41, 5.74) is 1.08. The minimum atomic E-state index is -4.53. The number of nitrogen functional groups attached to an aromatic ring is 1. The summed E-state index contributed by atoms with van der Waals surface area (Å²) < 4.78 is 38.5. The minimum absolute atomic E-state index is 0.144. The van der Waals surface area contributed by atoms with Crippen molar-refractivity contribution in [3.8, 4) is 0 Å². The van der Waals surface area contributed by atoms with Gasteiger partial charge in [0.1, 0.15) is 5.82 Å². The Morgan fingerprint density at radius 3 is 2.62 bits per heavy atom. The van der Waals surface area contributed by atoms with E-state index in [0.29, 0.717) is 5.92 Å². The van der Waals surface area contributed by atoms with Crippen LogP contribution in [0.15, 0.2) is 6.07 Å². The number of anilines is 2. The Labute approximate surface area is 121 Å². The van der Waals surface area contributed by atoms with Gasteiger partial charge in [-0.15, -0.1) is 0 Å². The maximum atomic E-state index is 12.8. The second-order valence-electron chi connectivity index (χ2n) is 5.31. The molecule has 1 aromatic heterocycles. The first-order valence-electron chi connectivity index (χ1n) is 7.13. The number of nitrogens with one attached hydrogen (secondary N) is 2. The first kappa shape index (κ1) is 15.8. The van der Waals surface area contributed by atoms with Crippen molar-refractivity contribution in [2.24, 2.45) is 11.8 Å². The Morgan fingerprint density at radius 2 is 2.00 bits per heavy atom. The largest absolute Gasteiger partial charge is 0.433 e. The van der Waals surface area contributed by atoms with Gasteiger partial charge < -0.3 is 5.32 Å². The summed E-state index contributed by atoms with van der Waals surface area (Å²) in [7, 11) is 0. The molecule has 0 saturated heterocycles. The van der Waals surface area contributed by atoms with Crippen molar-refractivity contribution in [2.45, 2.75) is 51.2 Å². The van der Waals surface area contributed by atoms with E-state index in [4.69, 9.17) is 5.84 Å². The standard InChI is InChI=1S/C13H20F3N5/c1-2-8-5-3-4-6-9(8)18-11-7-10(13(14,15)16)19-12(20-11)21-17/h7-9H,2-6,17H2,1H3,(H2,18,19,20,21). The van der Waals surface area contributed by atoms with Crippen molar-refractivity contribution in [1.82, 2.24) is 9.97 Å². The fourth-order valence-electron chi connectivity index (χ4n) is 2.81. The van der Waals surface area contributed by atoms with Crippen LogP contribution in [-0.2, 0) is 6.18 Å². The van der Waals surface area contributed by atoms with E-state index in [9.17, 15) is 13.2 Å². The van der Waals surface area contributed by atoms with Gasteiger partial charge in [-0.25, -0.2) is 10.8 Å². The van der Waals surface area contributed by atoms with Crippen LogP contribution in [0.25, 0.3) is 0 Å². The van der Waals surface area contributed by atoms with Crippen LogP contribution >= 0.6 is 0 Å². The van der Waals surface area contributed by atoms with Gasteiger partial charge in [0.25, 0.3) is 0 Å². The summed E-state index contributed by atoms with van der Waals surface area (Å²) in [6.45, 7) is 2.10. The van der Waals surface area contributed by atoms with Gasteiger partial charge in [-0.1, -0.05) is 26.2 Å². The number of aromatic nitrogens is 2. The van der Waals surface area contributed by atoms with E-state index < -0.39 is 11.9 Å². The maximum Gasteiger partial charge on any atom is 0.433 e. The van der Waals surface area contributed by atoms with Crippen LogP contribution in [-0.4, -0.2) is 16.0 Å². The van der Waals surface area contributed by atoms with E-state index in [0.717, 1.165) is 31.7 Å². The molecule has 4 N–H and O–H groups in total. The normalized spacial score (nSPS) is 22.9. The van der Waals surface area contributed by atoms with Crippen molar-refractivity contribution >= 4 is 11.8 Å². The fourth-order valence-corrected chi connectivity index (χ4v) is 2.81. The Morgan fingerprint density at radius 1 is 1.29 bits per heavy atom. The Balaban J connectivity index is 2.22. The smallest absolute Gasteiger partial charge is 0.367 e. The Kier molecular flexibility index (Phi) is 4.87. The molecule has 0 aromatic carbocycles. The number of hydrazine groups is 1. The van der Waals surface area contributed by atoms with Crippen molar-refractivity contribution in [2.75, 3.05) is 10.7 Å². The summed E-state index contributed by atoms with van der Waals surface area (Å²) in [5, 5.41) is 3.12. The van der Waals surface area contributed by atoms with Crippen molar-refractivity contribution in [1.29, 1.82) is 0 Å². The van der Waals surface area contributed by atoms with Crippen LogP contribution in [0.5, 0.6) is 0 Å². The highest BCUT2D eigenvalue weighted by molar-refractivity contribution is 5.43. The first-order chi connectivity index (χ1) is 9.94. The molecule has 0 amide bonds. The SMILES string of the molecule is CCC1CCCCC1Nc1cc(C(F)(F)F)nc(NN)n1. The lowest BCUT2D eigenvalue weighted by molar-refractivity contribution is -0.141. The number of nitrogens with two attached hydrogens (primary N) is 1. The number of halogens is 3. The zero-order valence-corrected chi connectivity index (χ0v) is 11.9. The van der Waals surface area contributed by atoms with Gasteiger partial charge in [-0.2, -0.15) is 18.2 Å². The van der Waals surface area contributed by atoms with Crippen LogP contribution in [0.2, 0.25) is 0 Å². The molecule has 0 bridgehead atoms. The van der Waals surface area contributed by atoms with E-state index in [1.165, 1.54) is 6.42 Å². The molecular formula is C13H20F3N5. The molecule has 1 heterocycles. The van der Waals surface area contributed by atoms with Crippen LogP contribution in [0, 0.1) is 5.92 Å². The second kappa shape index (κ2) is 6.46. The van der Waals surface area contributed by atoms with E-state index in [1.54, 1.807) is 0 Å². The molecule has 0 radical (unpaired) electrons. The summed E-state index contributed by atoms with van der Waals surface area (Å²) in [6.07, 6.45) is 0.748. The summed E-state index contributed by atoms with van der Waals surface area (Å²) in [5.74, 6) is 5.53. The zero-order valence-electron chi connectivity index (χ0n) is 11.9. The minimum Gasteiger partial charge on any atom is -0.367 e. The van der Waals surface area contributed by atoms with E-state index in [2.05, 4.69) is 27.6 Å². The number of hydrogen-bond acceptors (Lipinski definition) is 5. The third kappa shape index (κ3) is 3.96. The van der Waals surface area contributed by atoms with Crippen molar-refractivity contribution < 1.29 is 13.2 Å². The highest BCUT2D eigenvalue weighted by Gasteiger charge is 2.34. The van der Waals surface area contributed by atoms with Gasteiger partial charge >= 0.3 is 6.18 Å². The Hall–Kier alpha value is -1.57. The molecule has 2 atom stereocenters. The summed E-state index contributed by atoms with van der Waals surface area (Å²) in [6, 6.07) is 1.08. The molecule has 1 saturated carbocycles. The van der Waals surface area contributed by atoms with Gasteiger partial charge in [0.15, 0.2) is 5.69 Å². The molecule has 21 heavy (non-hydrogen) atoms. The highest BCUT2D eigenvalue weighted by Crippen LogP contribution is 2.32. The molecule has 1 aromatic rings. The molecule has 1 aliphatic rings. The number of rotatable bonds is 4. The van der Waals surface area contributed by atoms with Crippen molar-refractivity contribution in [3.63, 3.8) is 0 Å². The van der Waals surface area contributed by atoms with E-state index in [-0.39, 0.29) is 17.8 Å². The van der Waals surface area contributed by atoms with E-state index >= 15 is 0 Å². The topological polar surface area (TPSA) is 75.9 Å². The summed E-state index contributed by atoms with van der Waals surface area (Å²) in [4.78, 5) is 7.31. The quantitative estimate of drug-likeness (QED) is 0.588. The molecule has 5 nitrogen and oxygen atoms in total. The molecule has 0 aliphatic heterocycles. The molecule has 1 aliphatic carbocycles. The van der Waals surface area contributed by atoms with Gasteiger partial charge in [-0.3, -0.25) is 5.43 Å². The molecular weight excluding hydrogens is 283 g/mol. The zero-order chi connectivity index (χ0) is 15.5. The van der Waals surface area contributed by atoms with Crippen LogP contribution in [0.3, 0.4) is 0 Å². The van der Waals surface area contributed by atoms with Gasteiger partial charge in [0, 0.05) is 12.1 Å². The monoisotopic (exact) mass is 303 g/mol. The van der Waals surface area contributed by atoms with Gasteiger partial charge in [0.05, 0.1) is 0 Å².